The predicted octanol–water partition coefficient (Wildman–Crippen LogP) is 0.647. The van der Waals surface area contributed by atoms with E-state index in [1.54, 1.807) is 0 Å². The van der Waals surface area contributed by atoms with Gasteiger partial charge in [-0.1, -0.05) is 11.6 Å². The Bertz CT molecular complexity index is 453. The molecule has 9 heteroatoms. The topological polar surface area (TPSA) is 98.5 Å². The van der Waals surface area contributed by atoms with Crippen molar-refractivity contribution in [1.82, 2.24) is 9.97 Å². The zero-order valence-electron chi connectivity index (χ0n) is 9.08. The molecule has 92 valence electrons. The molecule has 0 amide bonds. The standard InChI is InChI=1S/C8H9ClN4O4/c1-12(3-5(14)17-2)8-6(13(15)16)7(9)10-4-11-8/h4H,3H2,1-2H3. The minimum atomic E-state index is -0.703. The van der Waals surface area contributed by atoms with Gasteiger partial charge in [0.05, 0.1) is 12.0 Å². The number of methoxy groups -OCH3 is 1. The van der Waals surface area contributed by atoms with Crippen molar-refractivity contribution in [2.45, 2.75) is 0 Å². The van der Waals surface area contributed by atoms with Crippen LogP contribution in [0.4, 0.5) is 11.5 Å². The number of carbonyl (C=O) groups is 1. The molecule has 1 rings (SSSR count). The Hall–Kier alpha value is -1.96. The number of carbonyl (C=O) groups excluding carboxylic acids is 1. The molecule has 0 aliphatic heterocycles. The van der Waals surface area contributed by atoms with Crippen LogP contribution in [0.1, 0.15) is 0 Å². The average Bonchev–Trinajstić information content (AvgIpc) is 2.27. The molecule has 1 aromatic rings. The largest absolute Gasteiger partial charge is 0.468 e. The first-order valence-corrected chi connectivity index (χ1v) is 4.78. The van der Waals surface area contributed by atoms with Crippen molar-refractivity contribution in [3.8, 4) is 0 Å². The van der Waals surface area contributed by atoms with Crippen LogP contribution in [0.3, 0.4) is 0 Å². The highest BCUT2D eigenvalue weighted by Crippen LogP contribution is 2.30. The van der Waals surface area contributed by atoms with Gasteiger partial charge >= 0.3 is 11.7 Å². The summed E-state index contributed by atoms with van der Waals surface area (Å²) >= 11 is 5.60. The van der Waals surface area contributed by atoms with Crippen LogP contribution in [0.25, 0.3) is 0 Å². The molecule has 1 heterocycles. The lowest BCUT2D eigenvalue weighted by Crippen LogP contribution is -2.28. The van der Waals surface area contributed by atoms with E-state index in [4.69, 9.17) is 11.6 Å². The number of hydrogen-bond acceptors (Lipinski definition) is 7. The molecular formula is C8H9ClN4O4. The van der Waals surface area contributed by atoms with Crippen molar-refractivity contribution < 1.29 is 14.5 Å². The zero-order chi connectivity index (χ0) is 13.0. The number of ether oxygens (including phenoxy) is 1. The SMILES string of the molecule is COC(=O)CN(C)c1ncnc(Cl)c1[N+](=O)[O-]. The Morgan fingerprint density at radius 3 is 2.82 bits per heavy atom. The smallest absolute Gasteiger partial charge is 0.348 e. The van der Waals surface area contributed by atoms with Gasteiger partial charge in [0.2, 0.25) is 11.0 Å². The molecule has 0 spiro atoms. The van der Waals surface area contributed by atoms with Crippen molar-refractivity contribution in [2.75, 3.05) is 25.6 Å². The van der Waals surface area contributed by atoms with Crippen LogP contribution in [-0.4, -0.2) is 41.6 Å². The maximum Gasteiger partial charge on any atom is 0.348 e. The minimum absolute atomic E-state index is 0.0413. The summed E-state index contributed by atoms with van der Waals surface area (Å²) in [6.07, 6.45) is 1.08. The Morgan fingerprint density at radius 1 is 1.65 bits per heavy atom. The quantitative estimate of drug-likeness (QED) is 0.339. The molecule has 0 aromatic carbocycles. The Morgan fingerprint density at radius 2 is 2.29 bits per heavy atom. The van der Waals surface area contributed by atoms with Gasteiger partial charge in [0.1, 0.15) is 12.9 Å². The van der Waals surface area contributed by atoms with Gasteiger partial charge in [-0.2, -0.15) is 0 Å². The van der Waals surface area contributed by atoms with Crippen molar-refractivity contribution in [1.29, 1.82) is 0 Å². The lowest BCUT2D eigenvalue weighted by Gasteiger charge is -2.15. The fraction of sp³-hybridized carbons (Fsp3) is 0.375. The van der Waals surface area contributed by atoms with E-state index in [0.717, 1.165) is 6.33 Å². The van der Waals surface area contributed by atoms with E-state index in [9.17, 15) is 14.9 Å². The van der Waals surface area contributed by atoms with E-state index < -0.39 is 16.6 Å². The molecule has 0 aliphatic carbocycles. The van der Waals surface area contributed by atoms with Crippen LogP contribution in [0.15, 0.2) is 6.33 Å². The zero-order valence-corrected chi connectivity index (χ0v) is 9.84. The minimum Gasteiger partial charge on any atom is -0.468 e. The Labute approximate surface area is 101 Å². The number of likely N-dealkylation sites (N-methyl/N-ethyl adjacent to an activating group) is 1. The maximum absolute atomic E-state index is 11.1. The molecule has 8 nitrogen and oxygen atoms in total. The molecule has 0 N–H and O–H groups in total. The summed E-state index contributed by atoms with van der Waals surface area (Å²) in [7, 11) is 2.68. The van der Waals surface area contributed by atoms with E-state index >= 15 is 0 Å². The van der Waals surface area contributed by atoms with Crippen LogP contribution in [0, 0.1) is 10.1 Å². The number of nitrogens with zero attached hydrogens (tertiary/aromatic N) is 4. The van der Waals surface area contributed by atoms with Crippen LogP contribution >= 0.6 is 11.6 Å². The number of halogens is 1. The number of nitro groups is 1. The summed E-state index contributed by atoms with van der Waals surface area (Å²) in [5.41, 5.74) is -0.444. The second kappa shape index (κ2) is 5.39. The summed E-state index contributed by atoms with van der Waals surface area (Å²) in [5, 5.41) is 10.5. The predicted molar refractivity (Wildman–Crippen MR) is 59.0 cm³/mol. The van der Waals surface area contributed by atoms with Crippen molar-refractivity contribution in [3.05, 3.63) is 21.6 Å². The number of hydrogen-bond donors (Lipinski definition) is 0. The van der Waals surface area contributed by atoms with E-state index in [2.05, 4.69) is 14.7 Å². The van der Waals surface area contributed by atoms with Gasteiger partial charge in [-0.05, 0) is 0 Å². The van der Waals surface area contributed by atoms with E-state index in [0.29, 0.717) is 0 Å². The summed E-state index contributed by atoms with van der Waals surface area (Å²) in [6.45, 7) is -0.176. The lowest BCUT2D eigenvalue weighted by atomic mass is 10.4. The number of esters is 1. The van der Waals surface area contributed by atoms with Gasteiger partial charge in [0, 0.05) is 7.05 Å². The second-order valence-corrected chi connectivity index (χ2v) is 3.38. The normalized spacial score (nSPS) is 9.82. The fourth-order valence-corrected chi connectivity index (χ4v) is 1.32. The van der Waals surface area contributed by atoms with Crippen molar-refractivity contribution in [2.24, 2.45) is 0 Å². The molecule has 0 saturated heterocycles. The maximum atomic E-state index is 11.1. The van der Waals surface area contributed by atoms with Gasteiger partial charge in [0.15, 0.2) is 0 Å². The third-order valence-electron chi connectivity index (χ3n) is 1.90. The number of anilines is 1. The average molecular weight is 261 g/mol. The third kappa shape index (κ3) is 3.00. The highest BCUT2D eigenvalue weighted by molar-refractivity contribution is 6.31. The summed E-state index contributed by atoms with van der Waals surface area (Å²) in [6, 6.07) is 0. The molecule has 0 fully saturated rings. The van der Waals surface area contributed by atoms with Crippen LogP contribution in [0.2, 0.25) is 5.15 Å². The van der Waals surface area contributed by atoms with Gasteiger partial charge in [-0.3, -0.25) is 14.9 Å². The van der Waals surface area contributed by atoms with E-state index in [-0.39, 0.29) is 17.5 Å². The van der Waals surface area contributed by atoms with Crippen LogP contribution < -0.4 is 4.90 Å². The summed E-state index contributed by atoms with van der Waals surface area (Å²) in [5.74, 6) is -0.586. The third-order valence-corrected chi connectivity index (χ3v) is 2.17. The summed E-state index contributed by atoms with van der Waals surface area (Å²) < 4.78 is 4.45. The molecule has 0 bridgehead atoms. The van der Waals surface area contributed by atoms with Crippen LogP contribution in [-0.2, 0) is 9.53 Å². The summed E-state index contributed by atoms with van der Waals surface area (Å²) in [4.78, 5) is 29.7. The highest BCUT2D eigenvalue weighted by Gasteiger charge is 2.25. The lowest BCUT2D eigenvalue weighted by molar-refractivity contribution is -0.384. The Kier molecular flexibility index (Phi) is 4.16. The second-order valence-electron chi connectivity index (χ2n) is 3.03. The molecule has 1 aromatic heterocycles. The molecule has 0 saturated carbocycles. The molecule has 0 aliphatic rings. The first-order chi connectivity index (χ1) is 7.97. The van der Waals surface area contributed by atoms with Gasteiger partial charge < -0.3 is 9.64 Å². The highest BCUT2D eigenvalue weighted by atomic mass is 35.5. The molecule has 0 atom stereocenters. The first-order valence-electron chi connectivity index (χ1n) is 4.40. The molecule has 0 radical (unpaired) electrons. The Balaban J connectivity index is 3.09. The first kappa shape index (κ1) is 13.1. The van der Waals surface area contributed by atoms with Gasteiger partial charge in [0.25, 0.3) is 0 Å². The molecule has 0 unspecified atom stereocenters. The van der Waals surface area contributed by atoms with E-state index in [1.165, 1.54) is 19.1 Å². The van der Waals surface area contributed by atoms with Crippen molar-refractivity contribution in [3.63, 3.8) is 0 Å². The van der Waals surface area contributed by atoms with Gasteiger partial charge in [-0.25, -0.2) is 9.97 Å². The van der Waals surface area contributed by atoms with Crippen molar-refractivity contribution >= 4 is 29.1 Å². The number of aromatic nitrogens is 2. The molecular weight excluding hydrogens is 252 g/mol. The monoisotopic (exact) mass is 260 g/mol. The van der Waals surface area contributed by atoms with Crippen LogP contribution in [0.5, 0.6) is 0 Å². The fourth-order valence-electron chi connectivity index (χ4n) is 1.12. The molecule has 17 heavy (non-hydrogen) atoms. The van der Waals surface area contributed by atoms with E-state index in [1.807, 2.05) is 0 Å². The number of rotatable bonds is 4. The van der Waals surface area contributed by atoms with Gasteiger partial charge in [-0.15, -0.1) is 0 Å².